The van der Waals surface area contributed by atoms with Crippen molar-refractivity contribution in [2.45, 2.75) is 20.8 Å². The molecule has 82 valence electrons. The zero-order valence-corrected chi connectivity index (χ0v) is 9.07. The molecule has 0 spiro atoms. The summed E-state index contributed by atoms with van der Waals surface area (Å²) in [4.78, 5) is 16.2. The molecule has 4 heteroatoms. The average molecular weight is 209 g/mol. The summed E-state index contributed by atoms with van der Waals surface area (Å²) >= 11 is 0. The van der Waals surface area contributed by atoms with E-state index in [1.807, 2.05) is 0 Å². The molecule has 0 aliphatic heterocycles. The van der Waals surface area contributed by atoms with E-state index in [0.717, 1.165) is 0 Å². The second kappa shape index (κ2) is 4.21. The third-order valence-corrected chi connectivity index (χ3v) is 1.74. The first kappa shape index (κ1) is 11.4. The van der Waals surface area contributed by atoms with Gasteiger partial charge in [-0.1, -0.05) is 0 Å². The van der Waals surface area contributed by atoms with Crippen LogP contribution in [0.15, 0.2) is 24.3 Å². The first-order chi connectivity index (χ1) is 6.89. The van der Waals surface area contributed by atoms with Gasteiger partial charge in [0, 0.05) is 0 Å². The number of benzene rings is 1. The van der Waals surface area contributed by atoms with E-state index in [-0.39, 0.29) is 11.7 Å². The van der Waals surface area contributed by atoms with E-state index < -0.39 is 5.41 Å². The Morgan fingerprint density at radius 1 is 1.27 bits per heavy atom. The van der Waals surface area contributed by atoms with Crippen LogP contribution in [-0.2, 0) is 9.63 Å². The monoisotopic (exact) mass is 209 g/mol. The van der Waals surface area contributed by atoms with Crippen molar-refractivity contribution < 1.29 is 14.7 Å². The van der Waals surface area contributed by atoms with E-state index in [9.17, 15) is 4.79 Å². The molecule has 0 bridgehead atoms. The molecule has 1 rings (SSSR count). The van der Waals surface area contributed by atoms with Crippen molar-refractivity contribution in [2.75, 3.05) is 5.48 Å². The van der Waals surface area contributed by atoms with Crippen LogP contribution in [0.1, 0.15) is 20.8 Å². The number of aromatic hydroxyl groups is 1. The molecule has 0 unspecified atom stereocenters. The largest absolute Gasteiger partial charge is 0.508 e. The highest BCUT2D eigenvalue weighted by Gasteiger charge is 2.23. The van der Waals surface area contributed by atoms with Crippen molar-refractivity contribution in [3.8, 4) is 5.75 Å². The molecular formula is C11H15NO3. The van der Waals surface area contributed by atoms with Crippen molar-refractivity contribution in [3.63, 3.8) is 0 Å². The number of hydrogen-bond acceptors (Lipinski definition) is 4. The molecule has 0 heterocycles. The van der Waals surface area contributed by atoms with E-state index in [4.69, 9.17) is 9.94 Å². The van der Waals surface area contributed by atoms with E-state index in [2.05, 4.69) is 5.48 Å². The lowest BCUT2D eigenvalue weighted by Crippen LogP contribution is -2.25. The number of rotatable bonds is 2. The second-order valence-corrected chi connectivity index (χ2v) is 4.29. The first-order valence-corrected chi connectivity index (χ1v) is 4.66. The van der Waals surface area contributed by atoms with E-state index >= 15 is 0 Å². The summed E-state index contributed by atoms with van der Waals surface area (Å²) < 4.78 is 0. The quantitative estimate of drug-likeness (QED) is 0.579. The van der Waals surface area contributed by atoms with E-state index in [1.165, 1.54) is 12.1 Å². The zero-order chi connectivity index (χ0) is 11.5. The summed E-state index contributed by atoms with van der Waals surface area (Å²) in [7, 11) is 0. The van der Waals surface area contributed by atoms with Gasteiger partial charge in [0.05, 0.1) is 11.1 Å². The third kappa shape index (κ3) is 3.50. The number of carbonyl (C=O) groups is 1. The maximum absolute atomic E-state index is 11.4. The van der Waals surface area contributed by atoms with Gasteiger partial charge < -0.3 is 9.94 Å². The lowest BCUT2D eigenvalue weighted by atomic mass is 9.98. The Labute approximate surface area is 88.8 Å². The molecule has 1 aromatic rings. The maximum Gasteiger partial charge on any atom is 0.337 e. The minimum absolute atomic E-state index is 0.169. The molecule has 4 nitrogen and oxygen atoms in total. The number of carbonyl (C=O) groups excluding carboxylic acids is 1. The van der Waals surface area contributed by atoms with Gasteiger partial charge in [-0.15, -0.1) is 0 Å². The van der Waals surface area contributed by atoms with Crippen LogP contribution in [0, 0.1) is 5.41 Å². The van der Waals surface area contributed by atoms with Gasteiger partial charge in [-0.3, -0.25) is 0 Å². The fourth-order valence-corrected chi connectivity index (χ4v) is 0.788. The summed E-state index contributed by atoms with van der Waals surface area (Å²) in [6.07, 6.45) is 0. The number of phenolic OH excluding ortho intramolecular Hbond substituents is 1. The molecule has 2 N–H and O–H groups in total. The Kier molecular flexibility index (Phi) is 3.19. The summed E-state index contributed by atoms with van der Waals surface area (Å²) in [5, 5.41) is 9.03. The number of anilines is 1. The molecule has 0 aliphatic rings. The van der Waals surface area contributed by atoms with Crippen molar-refractivity contribution in [3.05, 3.63) is 24.3 Å². The third-order valence-electron chi connectivity index (χ3n) is 1.74. The summed E-state index contributed by atoms with van der Waals surface area (Å²) in [5.74, 6) is -0.168. The fraction of sp³-hybridized carbons (Fsp3) is 0.364. The van der Waals surface area contributed by atoms with Crippen LogP contribution in [0.5, 0.6) is 5.75 Å². The van der Waals surface area contributed by atoms with Crippen molar-refractivity contribution in [1.82, 2.24) is 0 Å². The Morgan fingerprint density at radius 3 is 2.27 bits per heavy atom. The van der Waals surface area contributed by atoms with Crippen molar-refractivity contribution in [2.24, 2.45) is 5.41 Å². The fourth-order valence-electron chi connectivity index (χ4n) is 0.788. The summed E-state index contributed by atoms with van der Waals surface area (Å²) in [6.45, 7) is 5.31. The molecule has 0 radical (unpaired) electrons. The summed E-state index contributed by atoms with van der Waals surface area (Å²) in [5.41, 5.74) is 2.60. The smallest absolute Gasteiger partial charge is 0.337 e. The molecule has 15 heavy (non-hydrogen) atoms. The van der Waals surface area contributed by atoms with E-state index in [0.29, 0.717) is 5.69 Å². The molecule has 0 saturated heterocycles. The maximum atomic E-state index is 11.4. The van der Waals surface area contributed by atoms with Crippen LogP contribution in [0.2, 0.25) is 0 Å². The molecule has 0 fully saturated rings. The van der Waals surface area contributed by atoms with Gasteiger partial charge in [0.25, 0.3) is 0 Å². The second-order valence-electron chi connectivity index (χ2n) is 4.29. The molecule has 0 aromatic heterocycles. The first-order valence-electron chi connectivity index (χ1n) is 4.66. The van der Waals surface area contributed by atoms with Gasteiger partial charge in [0.15, 0.2) is 0 Å². The van der Waals surface area contributed by atoms with Gasteiger partial charge in [-0.05, 0) is 45.0 Å². The van der Waals surface area contributed by atoms with Gasteiger partial charge in [0.1, 0.15) is 5.75 Å². The molecule has 0 saturated carbocycles. The molecule has 0 amide bonds. The van der Waals surface area contributed by atoms with Gasteiger partial charge in [-0.25, -0.2) is 10.3 Å². The molecule has 0 aliphatic carbocycles. The standard InChI is InChI=1S/C11H15NO3/c1-11(2,3)10(14)15-12-8-4-6-9(13)7-5-8/h4-7,12-13H,1-3H3. The van der Waals surface area contributed by atoms with Gasteiger partial charge in [0.2, 0.25) is 0 Å². The molecule has 0 atom stereocenters. The molecular weight excluding hydrogens is 194 g/mol. The highest BCUT2D eigenvalue weighted by atomic mass is 16.7. The van der Waals surface area contributed by atoms with Gasteiger partial charge >= 0.3 is 5.97 Å². The van der Waals surface area contributed by atoms with E-state index in [1.54, 1.807) is 32.9 Å². The summed E-state index contributed by atoms with van der Waals surface area (Å²) in [6, 6.07) is 6.25. The van der Waals surface area contributed by atoms with Crippen LogP contribution in [0.4, 0.5) is 5.69 Å². The zero-order valence-electron chi connectivity index (χ0n) is 9.07. The van der Waals surface area contributed by atoms with Crippen LogP contribution < -0.4 is 5.48 Å². The molecule has 1 aromatic carbocycles. The number of phenols is 1. The lowest BCUT2D eigenvalue weighted by Gasteiger charge is -2.16. The normalized spacial score (nSPS) is 10.9. The SMILES string of the molecule is CC(C)(C)C(=O)ONc1ccc(O)cc1. The topological polar surface area (TPSA) is 58.6 Å². The minimum atomic E-state index is -0.538. The number of hydrogen-bond donors (Lipinski definition) is 2. The van der Waals surface area contributed by atoms with Crippen LogP contribution >= 0.6 is 0 Å². The Balaban J connectivity index is 2.51. The van der Waals surface area contributed by atoms with Gasteiger partial charge in [-0.2, -0.15) is 0 Å². The highest BCUT2D eigenvalue weighted by molar-refractivity contribution is 5.76. The Hall–Kier alpha value is -1.71. The van der Waals surface area contributed by atoms with Crippen LogP contribution in [0.25, 0.3) is 0 Å². The van der Waals surface area contributed by atoms with Crippen LogP contribution in [0.3, 0.4) is 0 Å². The van der Waals surface area contributed by atoms with Crippen molar-refractivity contribution >= 4 is 11.7 Å². The minimum Gasteiger partial charge on any atom is -0.508 e. The van der Waals surface area contributed by atoms with Crippen molar-refractivity contribution in [1.29, 1.82) is 0 Å². The predicted molar refractivity (Wildman–Crippen MR) is 57.3 cm³/mol. The highest BCUT2D eigenvalue weighted by Crippen LogP contribution is 2.17. The number of nitrogens with one attached hydrogen (secondary N) is 1. The van der Waals surface area contributed by atoms with Crippen LogP contribution in [-0.4, -0.2) is 11.1 Å². The predicted octanol–water partition coefficient (Wildman–Crippen LogP) is 2.31. The lowest BCUT2D eigenvalue weighted by molar-refractivity contribution is -0.149. The average Bonchev–Trinajstić information content (AvgIpc) is 2.15. The Bertz CT molecular complexity index is 338. The Morgan fingerprint density at radius 2 is 1.80 bits per heavy atom.